The van der Waals surface area contributed by atoms with Gasteiger partial charge in [0.1, 0.15) is 0 Å². The summed E-state index contributed by atoms with van der Waals surface area (Å²) in [4.78, 5) is 19.9. The summed E-state index contributed by atoms with van der Waals surface area (Å²) in [7, 11) is -2.85. The zero-order chi connectivity index (χ0) is 32.5. The van der Waals surface area contributed by atoms with Gasteiger partial charge in [0.25, 0.3) is 0 Å². The summed E-state index contributed by atoms with van der Waals surface area (Å²) in [6.45, 7) is 6.81. The molecule has 44 heavy (non-hydrogen) atoms. The molecule has 0 radical (unpaired) electrons. The minimum atomic E-state index is -4.53. The van der Waals surface area contributed by atoms with E-state index in [4.69, 9.17) is 3.97 Å². The van der Waals surface area contributed by atoms with Crippen molar-refractivity contribution in [2.75, 3.05) is 17.3 Å². The van der Waals surface area contributed by atoms with Crippen LogP contribution in [0.1, 0.15) is 213 Å². The molecule has 0 aliphatic carbocycles. The molecule has 0 aliphatic heterocycles. The van der Waals surface area contributed by atoms with E-state index < -0.39 is 17.2 Å². The van der Waals surface area contributed by atoms with Gasteiger partial charge in [-0.2, -0.15) is 0 Å². The lowest BCUT2D eigenvalue weighted by Crippen LogP contribution is -2.09. The molecular formula is C36H77O4PS3. The minimum Gasteiger partial charge on any atom is -0.302 e. The van der Waals surface area contributed by atoms with Gasteiger partial charge < -0.3 is 9.79 Å². The molecule has 0 aromatic heterocycles. The van der Waals surface area contributed by atoms with E-state index in [0.717, 1.165) is 42.9 Å². The monoisotopic (exact) mass is 700 g/mol. The summed E-state index contributed by atoms with van der Waals surface area (Å²) >= 11 is 0. The van der Waals surface area contributed by atoms with Crippen LogP contribution in [0, 0.1) is 0 Å². The van der Waals surface area contributed by atoms with Gasteiger partial charge in [0.05, 0.1) is 0 Å². The SMILES string of the molecule is CCCCCCCCCCCCSSS(CCCCCCCCCCCC)(CCCCCCCCCCCC)OP(=O)(O)O. The second kappa shape index (κ2) is 34.0. The Hall–Kier alpha value is 1.16. The molecule has 0 atom stereocenters. The van der Waals surface area contributed by atoms with Crippen molar-refractivity contribution in [3.05, 3.63) is 0 Å². The lowest BCUT2D eigenvalue weighted by atomic mass is 10.1. The Bertz CT molecular complexity index is 596. The summed E-state index contributed by atoms with van der Waals surface area (Å²) in [6.07, 6.45) is 38.8. The van der Waals surface area contributed by atoms with Gasteiger partial charge in [-0.1, -0.05) is 214 Å². The van der Waals surface area contributed by atoms with Crippen LogP contribution in [-0.2, 0) is 8.54 Å². The zero-order valence-corrected chi connectivity index (χ0v) is 33.1. The van der Waals surface area contributed by atoms with Crippen molar-refractivity contribution in [3.63, 3.8) is 0 Å². The van der Waals surface area contributed by atoms with Crippen LogP contribution in [0.25, 0.3) is 0 Å². The molecule has 0 aromatic rings. The van der Waals surface area contributed by atoms with Crippen LogP contribution in [0.3, 0.4) is 0 Å². The highest BCUT2D eigenvalue weighted by atomic mass is 33.5. The molecule has 0 spiro atoms. The number of rotatable bonds is 37. The van der Waals surface area contributed by atoms with Gasteiger partial charge in [-0.3, -0.25) is 0 Å². The van der Waals surface area contributed by atoms with Crippen molar-refractivity contribution in [1.29, 1.82) is 0 Å². The van der Waals surface area contributed by atoms with Crippen LogP contribution in [0.5, 0.6) is 0 Å². The van der Waals surface area contributed by atoms with Gasteiger partial charge in [0.2, 0.25) is 0 Å². The quantitative estimate of drug-likeness (QED) is 0.0382. The summed E-state index contributed by atoms with van der Waals surface area (Å²) < 4.78 is 18.0. The Kier molecular flexibility index (Phi) is 34.9. The van der Waals surface area contributed by atoms with Gasteiger partial charge in [0, 0.05) is 17.3 Å². The predicted molar refractivity (Wildman–Crippen MR) is 206 cm³/mol. The number of hydrogen-bond donors (Lipinski definition) is 2. The zero-order valence-electron chi connectivity index (χ0n) is 29.7. The third kappa shape index (κ3) is 33.1. The topological polar surface area (TPSA) is 66.8 Å². The molecule has 0 saturated carbocycles. The fraction of sp³-hybridized carbons (Fsp3) is 1.00. The molecule has 0 bridgehead atoms. The lowest BCUT2D eigenvalue weighted by Gasteiger charge is -2.37. The van der Waals surface area contributed by atoms with Crippen molar-refractivity contribution >= 4 is 37.8 Å². The van der Waals surface area contributed by atoms with Crippen LogP contribution in [-0.4, -0.2) is 27.0 Å². The molecule has 0 rings (SSSR count). The minimum absolute atomic E-state index is 0.821. The van der Waals surface area contributed by atoms with E-state index in [2.05, 4.69) is 20.8 Å². The standard InChI is InChI=1S/C36H77O4PS3/c1-4-7-10-13-16-19-22-25-28-31-34-42-43-44(40-41(37,38)39,35-32-29-26-23-20-17-14-11-8-5-2)36-33-30-27-24-21-18-15-12-9-6-3/h4-36H2,1-3H3,(H2,37,38,39). The summed E-state index contributed by atoms with van der Waals surface area (Å²) in [5, 5.41) is 0. The smallest absolute Gasteiger partial charge is 0.302 e. The molecular weight excluding hydrogens is 624 g/mol. The maximum Gasteiger partial charge on any atom is 0.480 e. The van der Waals surface area contributed by atoms with Gasteiger partial charge in [-0.15, -0.1) is 0 Å². The third-order valence-electron chi connectivity index (χ3n) is 8.60. The Morgan fingerprint density at radius 3 is 1.02 bits per heavy atom. The number of phosphoric acid groups is 1. The lowest BCUT2D eigenvalue weighted by molar-refractivity contribution is 0.295. The average Bonchev–Trinajstić information content (AvgIpc) is 2.99. The maximum absolute atomic E-state index is 12.2. The summed E-state index contributed by atoms with van der Waals surface area (Å²) in [6, 6.07) is 0. The van der Waals surface area contributed by atoms with Crippen molar-refractivity contribution in [1.82, 2.24) is 0 Å². The first kappa shape index (κ1) is 45.2. The largest absolute Gasteiger partial charge is 0.480 e. The first-order valence-electron chi connectivity index (χ1n) is 19.3. The Morgan fingerprint density at radius 1 is 0.455 bits per heavy atom. The normalized spacial score (nSPS) is 12.8. The number of hydrogen-bond acceptors (Lipinski definition) is 4. The van der Waals surface area contributed by atoms with Gasteiger partial charge in [-0.05, 0) is 29.1 Å². The summed E-state index contributed by atoms with van der Waals surface area (Å²) in [5.41, 5.74) is 0. The van der Waals surface area contributed by atoms with E-state index >= 15 is 0 Å². The molecule has 0 saturated heterocycles. The first-order valence-corrected chi connectivity index (χ1v) is 25.5. The van der Waals surface area contributed by atoms with E-state index in [9.17, 15) is 14.4 Å². The molecule has 4 nitrogen and oxygen atoms in total. The van der Waals surface area contributed by atoms with Gasteiger partial charge in [-0.25, -0.2) is 8.54 Å². The van der Waals surface area contributed by atoms with Crippen LogP contribution in [0.15, 0.2) is 0 Å². The molecule has 0 unspecified atom stereocenters. The number of unbranched alkanes of at least 4 members (excludes halogenated alkanes) is 27. The van der Waals surface area contributed by atoms with Crippen LogP contribution in [0.4, 0.5) is 0 Å². The van der Waals surface area contributed by atoms with E-state index in [1.54, 1.807) is 9.83 Å². The fourth-order valence-corrected chi connectivity index (χ4v) is 17.4. The van der Waals surface area contributed by atoms with Crippen molar-refractivity contribution < 1.29 is 18.3 Å². The van der Waals surface area contributed by atoms with E-state index in [-0.39, 0.29) is 0 Å². The molecule has 2 N–H and O–H groups in total. The van der Waals surface area contributed by atoms with Crippen molar-refractivity contribution in [3.8, 4) is 0 Å². The van der Waals surface area contributed by atoms with E-state index in [0.29, 0.717) is 0 Å². The Labute approximate surface area is 285 Å². The Morgan fingerprint density at radius 2 is 0.727 bits per heavy atom. The van der Waals surface area contributed by atoms with Crippen molar-refractivity contribution in [2.24, 2.45) is 0 Å². The van der Waals surface area contributed by atoms with E-state index in [1.165, 1.54) is 167 Å². The second-order valence-corrected chi connectivity index (χ2v) is 22.0. The highest BCUT2D eigenvalue weighted by molar-refractivity contribution is 9.18. The van der Waals surface area contributed by atoms with Gasteiger partial charge in [0.15, 0.2) is 0 Å². The molecule has 8 heteroatoms. The van der Waals surface area contributed by atoms with Gasteiger partial charge >= 0.3 is 7.82 Å². The Balaban J connectivity index is 4.63. The first-order chi connectivity index (χ1) is 21.4. The van der Waals surface area contributed by atoms with Crippen LogP contribution in [0.2, 0.25) is 0 Å². The third-order valence-corrected chi connectivity index (χ3v) is 19.3. The molecule has 0 aromatic carbocycles. The fourth-order valence-electron chi connectivity index (χ4n) is 5.82. The molecule has 268 valence electrons. The molecule has 0 fully saturated rings. The predicted octanol–water partition coefficient (Wildman–Crippen LogP) is 14.9. The highest BCUT2D eigenvalue weighted by Crippen LogP contribution is 2.72. The summed E-state index contributed by atoms with van der Waals surface area (Å²) in [5.74, 6) is 2.69. The van der Waals surface area contributed by atoms with Crippen molar-refractivity contribution in [2.45, 2.75) is 213 Å². The second-order valence-electron chi connectivity index (χ2n) is 13.2. The molecule has 0 amide bonds. The molecule has 0 aliphatic rings. The molecule has 0 heterocycles. The highest BCUT2D eigenvalue weighted by Gasteiger charge is 2.34. The van der Waals surface area contributed by atoms with Crippen LogP contribution < -0.4 is 0 Å². The van der Waals surface area contributed by atoms with E-state index in [1.807, 2.05) is 10.8 Å². The van der Waals surface area contributed by atoms with Crippen LogP contribution >= 0.6 is 37.8 Å². The average molecular weight is 701 g/mol. The maximum atomic E-state index is 12.2.